The summed E-state index contributed by atoms with van der Waals surface area (Å²) in [6.07, 6.45) is 5.47. The summed E-state index contributed by atoms with van der Waals surface area (Å²) in [6, 6.07) is 8.63. The SMILES string of the molecule is CC(=O)O.CC(C)(OC(=O)NCC1CCCCC1)OC(=O)c1ccccc1. The quantitative estimate of drug-likeness (QED) is 0.593. The highest BCUT2D eigenvalue weighted by molar-refractivity contribution is 5.89. The van der Waals surface area contributed by atoms with Crippen LogP contribution in [-0.4, -0.2) is 35.5 Å². The number of esters is 1. The van der Waals surface area contributed by atoms with E-state index in [-0.39, 0.29) is 0 Å². The Morgan fingerprint density at radius 1 is 1.07 bits per heavy atom. The number of hydrogen-bond donors (Lipinski definition) is 2. The first kappa shape index (κ1) is 22.5. The molecule has 0 aromatic heterocycles. The molecule has 0 unspecified atom stereocenters. The van der Waals surface area contributed by atoms with Crippen LogP contribution in [0.3, 0.4) is 0 Å². The van der Waals surface area contributed by atoms with Gasteiger partial charge in [0.15, 0.2) is 0 Å². The summed E-state index contributed by atoms with van der Waals surface area (Å²) in [5.41, 5.74) is 0.423. The molecule has 150 valence electrons. The van der Waals surface area contributed by atoms with Crippen LogP contribution < -0.4 is 5.32 Å². The number of ether oxygens (including phenoxy) is 2. The summed E-state index contributed by atoms with van der Waals surface area (Å²) < 4.78 is 10.5. The number of nitrogens with one attached hydrogen (secondary N) is 1. The van der Waals surface area contributed by atoms with Crippen molar-refractivity contribution in [1.29, 1.82) is 0 Å². The predicted molar refractivity (Wildman–Crippen MR) is 100 cm³/mol. The third-order valence-electron chi connectivity index (χ3n) is 3.95. The maximum absolute atomic E-state index is 12.0. The van der Waals surface area contributed by atoms with Crippen molar-refractivity contribution < 1.29 is 29.0 Å². The predicted octanol–water partition coefficient (Wildman–Crippen LogP) is 3.98. The number of hydrogen-bond acceptors (Lipinski definition) is 5. The number of aliphatic carboxylic acids is 1. The number of rotatable bonds is 5. The zero-order chi connectivity index (χ0) is 20.3. The summed E-state index contributed by atoms with van der Waals surface area (Å²) in [5.74, 6) is -2.15. The molecule has 0 bridgehead atoms. The Labute approximate surface area is 160 Å². The Hall–Kier alpha value is -2.57. The first-order valence-corrected chi connectivity index (χ1v) is 9.14. The normalized spacial score (nSPS) is 14.3. The van der Waals surface area contributed by atoms with Crippen molar-refractivity contribution in [2.75, 3.05) is 6.54 Å². The minimum atomic E-state index is -1.32. The lowest BCUT2D eigenvalue weighted by atomic mass is 9.89. The van der Waals surface area contributed by atoms with Crippen molar-refractivity contribution in [3.05, 3.63) is 35.9 Å². The van der Waals surface area contributed by atoms with Gasteiger partial charge in [0.05, 0.1) is 5.56 Å². The minimum Gasteiger partial charge on any atom is -0.481 e. The molecule has 27 heavy (non-hydrogen) atoms. The van der Waals surface area contributed by atoms with Crippen LogP contribution in [0.1, 0.15) is 63.2 Å². The molecule has 0 aliphatic heterocycles. The topological polar surface area (TPSA) is 102 Å². The van der Waals surface area contributed by atoms with Crippen LogP contribution in [-0.2, 0) is 14.3 Å². The lowest BCUT2D eigenvalue weighted by Gasteiger charge is -2.26. The van der Waals surface area contributed by atoms with Crippen molar-refractivity contribution in [2.45, 2.75) is 58.7 Å². The Morgan fingerprint density at radius 2 is 1.63 bits per heavy atom. The number of carbonyl (C=O) groups excluding carboxylic acids is 2. The first-order valence-electron chi connectivity index (χ1n) is 9.14. The molecule has 1 aromatic carbocycles. The summed E-state index contributed by atoms with van der Waals surface area (Å²) in [7, 11) is 0. The molecule has 2 rings (SSSR count). The van der Waals surface area contributed by atoms with E-state index in [1.54, 1.807) is 38.1 Å². The average Bonchev–Trinajstić information content (AvgIpc) is 2.60. The molecule has 1 saturated carbocycles. The van der Waals surface area contributed by atoms with Gasteiger partial charge in [-0.15, -0.1) is 0 Å². The van der Waals surface area contributed by atoms with E-state index in [4.69, 9.17) is 19.4 Å². The van der Waals surface area contributed by atoms with Gasteiger partial charge in [-0.3, -0.25) is 4.79 Å². The molecule has 0 heterocycles. The molecule has 0 atom stereocenters. The van der Waals surface area contributed by atoms with Crippen molar-refractivity contribution in [2.24, 2.45) is 5.92 Å². The van der Waals surface area contributed by atoms with Crippen LogP contribution in [0.5, 0.6) is 0 Å². The van der Waals surface area contributed by atoms with Gasteiger partial charge < -0.3 is 19.9 Å². The van der Waals surface area contributed by atoms with E-state index >= 15 is 0 Å². The van der Waals surface area contributed by atoms with E-state index in [0.717, 1.165) is 19.8 Å². The van der Waals surface area contributed by atoms with Gasteiger partial charge in [-0.25, -0.2) is 9.59 Å². The van der Waals surface area contributed by atoms with E-state index in [0.29, 0.717) is 18.0 Å². The second-order valence-electron chi connectivity index (χ2n) is 6.95. The molecule has 1 aromatic rings. The van der Waals surface area contributed by atoms with Crippen LogP contribution in [0.2, 0.25) is 0 Å². The van der Waals surface area contributed by atoms with Gasteiger partial charge in [-0.05, 0) is 30.9 Å². The second-order valence-corrected chi connectivity index (χ2v) is 6.95. The molecular formula is C20H29NO6. The van der Waals surface area contributed by atoms with Crippen molar-refractivity contribution in [3.63, 3.8) is 0 Å². The number of benzene rings is 1. The fourth-order valence-electron chi connectivity index (χ4n) is 2.76. The third-order valence-corrected chi connectivity index (χ3v) is 3.95. The fourth-order valence-corrected chi connectivity index (χ4v) is 2.76. The standard InChI is InChI=1S/C18H25NO4.C2H4O2/c1-18(2,22-16(20)15-11-7-4-8-12-15)23-17(21)19-13-14-9-5-3-6-10-14;1-2(3)4/h4,7-8,11-12,14H,3,5-6,9-10,13H2,1-2H3,(H,19,21);1H3,(H,3,4). The van der Waals surface area contributed by atoms with Gasteiger partial charge in [0.2, 0.25) is 0 Å². The van der Waals surface area contributed by atoms with Crippen LogP contribution in [0.4, 0.5) is 4.79 Å². The van der Waals surface area contributed by atoms with Crippen LogP contribution in [0, 0.1) is 5.92 Å². The van der Waals surface area contributed by atoms with Gasteiger partial charge in [0.25, 0.3) is 11.8 Å². The number of carboxylic acids is 1. The molecule has 1 aliphatic rings. The average molecular weight is 379 g/mol. The highest BCUT2D eigenvalue weighted by atomic mass is 16.7. The molecule has 2 N–H and O–H groups in total. The maximum Gasteiger partial charge on any atom is 0.410 e. The maximum atomic E-state index is 12.0. The van der Waals surface area contributed by atoms with E-state index < -0.39 is 23.8 Å². The van der Waals surface area contributed by atoms with E-state index in [1.165, 1.54) is 19.3 Å². The number of amides is 1. The Bertz CT molecular complexity index is 604. The lowest BCUT2D eigenvalue weighted by molar-refractivity contribution is -0.139. The number of carbonyl (C=O) groups is 3. The van der Waals surface area contributed by atoms with Crippen molar-refractivity contribution >= 4 is 18.0 Å². The summed E-state index contributed by atoms with van der Waals surface area (Å²) in [5, 5.41) is 10.2. The fraction of sp³-hybridized carbons (Fsp3) is 0.550. The van der Waals surface area contributed by atoms with Crippen LogP contribution >= 0.6 is 0 Å². The van der Waals surface area contributed by atoms with Gasteiger partial charge in [0.1, 0.15) is 0 Å². The van der Waals surface area contributed by atoms with Gasteiger partial charge in [-0.2, -0.15) is 0 Å². The summed E-state index contributed by atoms with van der Waals surface area (Å²) in [6.45, 7) is 4.80. The third kappa shape index (κ3) is 10.2. The number of carboxylic acid groups (broad SMARTS) is 1. The molecule has 7 heteroatoms. The summed E-state index contributed by atoms with van der Waals surface area (Å²) in [4.78, 5) is 32.9. The zero-order valence-electron chi connectivity index (χ0n) is 16.2. The zero-order valence-corrected chi connectivity index (χ0v) is 16.2. The largest absolute Gasteiger partial charge is 0.481 e. The van der Waals surface area contributed by atoms with Crippen molar-refractivity contribution in [3.8, 4) is 0 Å². The Kier molecular flexibility index (Phi) is 9.33. The van der Waals surface area contributed by atoms with E-state index in [1.807, 2.05) is 6.07 Å². The molecule has 0 radical (unpaired) electrons. The van der Waals surface area contributed by atoms with Crippen LogP contribution in [0.15, 0.2) is 30.3 Å². The monoisotopic (exact) mass is 379 g/mol. The molecule has 1 amide bonds. The molecular weight excluding hydrogens is 350 g/mol. The number of alkyl carbamates (subject to hydrolysis) is 1. The second kappa shape index (κ2) is 11.2. The van der Waals surface area contributed by atoms with Crippen molar-refractivity contribution in [1.82, 2.24) is 5.32 Å². The first-order chi connectivity index (χ1) is 12.7. The van der Waals surface area contributed by atoms with Crippen LogP contribution in [0.25, 0.3) is 0 Å². The Balaban J connectivity index is 0.000000828. The summed E-state index contributed by atoms with van der Waals surface area (Å²) >= 11 is 0. The molecule has 1 aliphatic carbocycles. The van der Waals surface area contributed by atoms with Gasteiger partial charge in [-0.1, -0.05) is 37.5 Å². The van der Waals surface area contributed by atoms with Gasteiger partial charge >= 0.3 is 12.1 Å². The van der Waals surface area contributed by atoms with E-state index in [9.17, 15) is 9.59 Å². The smallest absolute Gasteiger partial charge is 0.410 e. The minimum absolute atomic E-state index is 0.423. The molecule has 7 nitrogen and oxygen atoms in total. The highest BCUT2D eigenvalue weighted by Crippen LogP contribution is 2.23. The molecule has 1 fully saturated rings. The van der Waals surface area contributed by atoms with E-state index in [2.05, 4.69) is 5.32 Å². The molecule has 0 saturated heterocycles. The molecule has 0 spiro atoms. The van der Waals surface area contributed by atoms with Gasteiger partial charge in [0, 0.05) is 27.3 Å². The highest BCUT2D eigenvalue weighted by Gasteiger charge is 2.28. The lowest BCUT2D eigenvalue weighted by Crippen LogP contribution is -2.39. The Morgan fingerprint density at radius 3 is 2.19 bits per heavy atom.